The van der Waals surface area contributed by atoms with E-state index in [1.165, 1.54) is 71.1 Å². The summed E-state index contributed by atoms with van der Waals surface area (Å²) in [6.07, 6.45) is 15.9. The van der Waals surface area contributed by atoms with Crippen molar-refractivity contribution in [2.45, 2.75) is 110 Å². The Labute approximate surface area is 152 Å². The summed E-state index contributed by atoms with van der Waals surface area (Å²) in [5.74, 6) is -0.344. The fourth-order valence-electron chi connectivity index (χ4n) is 2.69. The molecule has 0 bridgehead atoms. The summed E-state index contributed by atoms with van der Waals surface area (Å²) in [4.78, 5) is 22.0. The van der Waals surface area contributed by atoms with Gasteiger partial charge in [0.25, 0.3) is 0 Å². The second-order valence-electron chi connectivity index (χ2n) is 6.41. The van der Waals surface area contributed by atoms with Crippen LogP contribution in [0.15, 0.2) is 0 Å². The highest BCUT2D eigenvalue weighted by Gasteiger charge is 2.11. The smallest absolute Gasteiger partial charge is 0.406 e. The van der Waals surface area contributed by atoms with Crippen molar-refractivity contribution in [3.05, 3.63) is 0 Å². The average molecular weight is 363 g/mol. The Bertz CT molecular complexity index is 320. The van der Waals surface area contributed by atoms with Crippen molar-refractivity contribution in [3.63, 3.8) is 0 Å². The normalized spacial score (nSPS) is 12.0. The molecular weight excluding hydrogens is 328 g/mol. The van der Waals surface area contributed by atoms with E-state index in [4.69, 9.17) is 16.3 Å². The SMILES string of the molecule is CCCCCCCCCCCCCCCC(=O)OC(C)OC(=O)Cl. The molecule has 0 radical (unpaired) electrons. The minimum absolute atomic E-state index is 0.344. The van der Waals surface area contributed by atoms with Crippen LogP contribution in [0.4, 0.5) is 4.79 Å². The first kappa shape index (κ1) is 23.2. The number of hydrogen-bond donors (Lipinski definition) is 0. The lowest BCUT2D eigenvalue weighted by Gasteiger charge is -2.11. The Balaban J connectivity index is 3.24. The first-order chi connectivity index (χ1) is 11.6. The minimum atomic E-state index is -0.962. The van der Waals surface area contributed by atoms with E-state index in [0.29, 0.717) is 6.42 Å². The molecule has 0 rings (SSSR count). The third-order valence-electron chi connectivity index (χ3n) is 4.04. The third kappa shape index (κ3) is 17.6. The molecule has 0 fully saturated rings. The molecule has 1 atom stereocenters. The molecule has 0 aromatic carbocycles. The van der Waals surface area contributed by atoms with Crippen LogP contribution < -0.4 is 0 Å². The zero-order chi connectivity index (χ0) is 18.0. The van der Waals surface area contributed by atoms with Crippen LogP contribution in [0.2, 0.25) is 0 Å². The molecule has 0 aromatic rings. The number of carbonyl (C=O) groups excluding carboxylic acids is 2. The number of ether oxygens (including phenoxy) is 2. The first-order valence-electron chi connectivity index (χ1n) is 9.61. The second kappa shape index (κ2) is 17.1. The zero-order valence-electron chi connectivity index (χ0n) is 15.5. The molecule has 0 spiro atoms. The first-order valence-corrected chi connectivity index (χ1v) is 9.99. The molecule has 0 N–H and O–H groups in total. The van der Waals surface area contributed by atoms with Crippen molar-refractivity contribution < 1.29 is 19.1 Å². The van der Waals surface area contributed by atoms with Crippen molar-refractivity contribution in [2.75, 3.05) is 0 Å². The van der Waals surface area contributed by atoms with E-state index in [0.717, 1.165) is 19.3 Å². The monoisotopic (exact) mass is 362 g/mol. The minimum Gasteiger partial charge on any atom is -0.425 e. The van der Waals surface area contributed by atoms with Gasteiger partial charge in [-0.3, -0.25) is 4.79 Å². The van der Waals surface area contributed by atoms with Crippen LogP contribution in [-0.4, -0.2) is 17.7 Å². The molecule has 0 aliphatic heterocycles. The number of rotatable bonds is 16. The quantitative estimate of drug-likeness (QED) is 0.132. The van der Waals surface area contributed by atoms with Gasteiger partial charge in [0.05, 0.1) is 0 Å². The van der Waals surface area contributed by atoms with Gasteiger partial charge in [0.2, 0.25) is 6.29 Å². The molecule has 24 heavy (non-hydrogen) atoms. The Kier molecular flexibility index (Phi) is 16.5. The Morgan fingerprint density at radius 3 is 1.58 bits per heavy atom. The highest BCUT2D eigenvalue weighted by molar-refractivity contribution is 6.61. The van der Waals surface area contributed by atoms with Crippen LogP contribution >= 0.6 is 11.6 Å². The van der Waals surface area contributed by atoms with Gasteiger partial charge in [-0.05, 0) is 6.42 Å². The van der Waals surface area contributed by atoms with Crippen LogP contribution in [-0.2, 0) is 14.3 Å². The van der Waals surface area contributed by atoms with E-state index < -0.39 is 11.7 Å². The van der Waals surface area contributed by atoms with Crippen LogP contribution in [0.5, 0.6) is 0 Å². The average Bonchev–Trinajstić information content (AvgIpc) is 2.51. The van der Waals surface area contributed by atoms with Crippen LogP contribution in [0.25, 0.3) is 0 Å². The fourth-order valence-corrected chi connectivity index (χ4v) is 2.81. The van der Waals surface area contributed by atoms with Crippen molar-refractivity contribution >= 4 is 23.0 Å². The Hall–Kier alpha value is -0.770. The second-order valence-corrected chi connectivity index (χ2v) is 6.71. The van der Waals surface area contributed by atoms with Gasteiger partial charge in [0, 0.05) is 24.9 Å². The summed E-state index contributed by atoms with van der Waals surface area (Å²) < 4.78 is 9.42. The highest BCUT2D eigenvalue weighted by atomic mass is 35.5. The molecule has 0 saturated heterocycles. The molecule has 1 unspecified atom stereocenters. The lowest BCUT2D eigenvalue weighted by Crippen LogP contribution is -2.18. The van der Waals surface area contributed by atoms with E-state index in [9.17, 15) is 9.59 Å². The van der Waals surface area contributed by atoms with Gasteiger partial charge < -0.3 is 9.47 Å². The molecular formula is C19H35ClO4. The van der Waals surface area contributed by atoms with Crippen molar-refractivity contribution in [1.29, 1.82) is 0 Å². The molecule has 0 heterocycles. The number of unbranched alkanes of at least 4 members (excludes halogenated alkanes) is 12. The van der Waals surface area contributed by atoms with E-state index in [1.54, 1.807) is 0 Å². The highest BCUT2D eigenvalue weighted by Crippen LogP contribution is 2.13. The molecule has 0 aliphatic rings. The van der Waals surface area contributed by atoms with E-state index >= 15 is 0 Å². The Morgan fingerprint density at radius 2 is 1.17 bits per heavy atom. The van der Waals surface area contributed by atoms with Gasteiger partial charge in [-0.15, -0.1) is 0 Å². The van der Waals surface area contributed by atoms with Crippen molar-refractivity contribution in [1.82, 2.24) is 0 Å². The van der Waals surface area contributed by atoms with Gasteiger partial charge in [0.15, 0.2) is 0 Å². The van der Waals surface area contributed by atoms with Gasteiger partial charge in [-0.25, -0.2) is 4.79 Å². The van der Waals surface area contributed by atoms with Gasteiger partial charge in [-0.1, -0.05) is 84.0 Å². The molecule has 0 aromatic heterocycles. The fraction of sp³-hybridized carbons (Fsp3) is 0.895. The topological polar surface area (TPSA) is 52.6 Å². The Morgan fingerprint density at radius 1 is 0.750 bits per heavy atom. The number of halogens is 1. The number of hydrogen-bond acceptors (Lipinski definition) is 4. The molecule has 0 aliphatic carbocycles. The van der Waals surface area contributed by atoms with E-state index in [1.807, 2.05) is 0 Å². The summed E-state index contributed by atoms with van der Waals surface area (Å²) in [7, 11) is 0. The lowest BCUT2D eigenvalue weighted by atomic mass is 10.0. The molecule has 4 nitrogen and oxygen atoms in total. The summed E-state index contributed by atoms with van der Waals surface area (Å²) in [6.45, 7) is 3.73. The number of esters is 1. The molecule has 142 valence electrons. The third-order valence-corrected chi connectivity index (χ3v) is 4.13. The van der Waals surface area contributed by atoms with E-state index in [-0.39, 0.29) is 5.97 Å². The summed E-state index contributed by atoms with van der Waals surface area (Å²) >= 11 is 5.04. The molecule has 0 amide bonds. The van der Waals surface area contributed by atoms with Crippen molar-refractivity contribution in [2.24, 2.45) is 0 Å². The van der Waals surface area contributed by atoms with Crippen LogP contribution in [0, 0.1) is 0 Å². The number of carbonyl (C=O) groups is 2. The maximum atomic E-state index is 11.5. The largest absolute Gasteiger partial charge is 0.425 e. The predicted molar refractivity (Wildman–Crippen MR) is 98.2 cm³/mol. The van der Waals surface area contributed by atoms with Gasteiger partial charge >= 0.3 is 11.4 Å². The molecule has 0 saturated carbocycles. The lowest BCUT2D eigenvalue weighted by molar-refractivity contribution is -0.163. The maximum absolute atomic E-state index is 11.5. The van der Waals surface area contributed by atoms with Crippen LogP contribution in [0.1, 0.15) is 104 Å². The van der Waals surface area contributed by atoms with E-state index in [2.05, 4.69) is 11.7 Å². The maximum Gasteiger partial charge on any atom is 0.406 e. The van der Waals surface area contributed by atoms with Crippen LogP contribution in [0.3, 0.4) is 0 Å². The summed E-state index contributed by atoms with van der Waals surface area (Å²) in [5, 5.41) is 0. The summed E-state index contributed by atoms with van der Waals surface area (Å²) in [6, 6.07) is 0. The summed E-state index contributed by atoms with van der Waals surface area (Å²) in [5.41, 5.74) is -0.962. The zero-order valence-corrected chi connectivity index (χ0v) is 16.2. The standard InChI is InChI=1S/C19H35ClO4/c1-3-4-5-6-7-8-9-10-11-12-13-14-15-16-18(21)23-17(2)24-19(20)22/h17H,3-16H2,1-2H3. The van der Waals surface area contributed by atoms with Gasteiger partial charge in [0.1, 0.15) is 0 Å². The van der Waals surface area contributed by atoms with Gasteiger partial charge in [-0.2, -0.15) is 0 Å². The predicted octanol–water partition coefficient (Wildman–Crippen LogP) is 6.73. The molecule has 5 heteroatoms. The van der Waals surface area contributed by atoms with Crippen molar-refractivity contribution in [3.8, 4) is 0 Å².